The van der Waals surface area contributed by atoms with Crippen LogP contribution in [0.25, 0.3) is 5.73 Å². The number of carbonyl (C=O) groups excluding carboxylic acids is 6. The second-order valence-corrected chi connectivity index (χ2v) is 17.0. The molecule has 3 radical (unpaired) electrons. The van der Waals surface area contributed by atoms with Crippen LogP contribution in [0.2, 0.25) is 0 Å². The zero-order valence-electron chi connectivity index (χ0n) is 47.2. The van der Waals surface area contributed by atoms with E-state index in [2.05, 4.69) is 21.3 Å². The van der Waals surface area contributed by atoms with Gasteiger partial charge < -0.3 is 71.5 Å². The van der Waals surface area contributed by atoms with Crippen molar-refractivity contribution < 1.29 is 86.1 Å². The molecule has 0 saturated heterocycles. The van der Waals surface area contributed by atoms with Gasteiger partial charge >= 0.3 is 11.9 Å². The third kappa shape index (κ3) is 66.6. The number of ketones is 1. The molecule has 0 aromatic carbocycles. The summed E-state index contributed by atoms with van der Waals surface area (Å²) in [4.78, 5) is 91.4. The van der Waals surface area contributed by atoms with E-state index >= 15 is 0 Å². The summed E-state index contributed by atoms with van der Waals surface area (Å²) in [7, 11) is 4.81. The number of amides is 4. The summed E-state index contributed by atoms with van der Waals surface area (Å²) in [5.41, 5.74) is 11.4. The molecule has 0 fully saturated rings. The second-order valence-electron chi connectivity index (χ2n) is 17.0. The minimum absolute atomic E-state index is 0. The van der Waals surface area contributed by atoms with Crippen molar-refractivity contribution in [1.82, 2.24) is 21.3 Å². The van der Waals surface area contributed by atoms with E-state index in [9.17, 15) is 43.5 Å². The molecule has 20 nitrogen and oxygen atoms in total. The molecule has 0 saturated carbocycles. The van der Waals surface area contributed by atoms with E-state index in [0.717, 1.165) is 38.5 Å². The molecule has 22 heteroatoms. The molecular weight excluding hydrogens is 994 g/mol. The maximum absolute atomic E-state index is 12.3. The summed E-state index contributed by atoms with van der Waals surface area (Å²) in [5, 5.41) is 28.7. The number of nitrogens with one attached hydrogen (secondary N) is 5. The van der Waals surface area contributed by atoms with Crippen LogP contribution in [-0.4, -0.2) is 155 Å². The molecule has 433 valence electrons. The molecule has 0 rings (SSSR count). The van der Waals surface area contributed by atoms with Crippen molar-refractivity contribution in [2.45, 2.75) is 215 Å². The van der Waals surface area contributed by atoms with Gasteiger partial charge in [-0.05, 0) is 46.5 Å². The van der Waals surface area contributed by atoms with Gasteiger partial charge in [0.05, 0.1) is 50.9 Å². The monoisotopic (exact) mass is 1100 g/mol. The molecule has 0 heterocycles. The predicted octanol–water partition coefficient (Wildman–Crippen LogP) is 6.75. The summed E-state index contributed by atoms with van der Waals surface area (Å²) in [6.45, 7) is 18.5. The number of carbonyl (C=O) groups is 8. The van der Waals surface area contributed by atoms with E-state index < -0.39 is 35.2 Å². The topological polar surface area (TPSA) is 312 Å². The summed E-state index contributed by atoms with van der Waals surface area (Å²) in [6.07, 6.45) is 17.3. The van der Waals surface area contributed by atoms with Gasteiger partial charge in [0.1, 0.15) is 25.0 Å². The van der Waals surface area contributed by atoms with Gasteiger partial charge in [-0.2, -0.15) is 0 Å². The fourth-order valence-electron chi connectivity index (χ4n) is 5.87. The van der Waals surface area contributed by atoms with Gasteiger partial charge in [-0.3, -0.25) is 24.0 Å². The Hall–Kier alpha value is -3.43. The number of unbranched alkanes of at least 4 members (excludes halogenated alkanes) is 14. The average Bonchev–Trinajstić information content (AvgIpc) is 3.35. The smallest absolute Gasteiger partial charge is 0.326 e. The third-order valence-electron chi connectivity index (χ3n) is 10.1. The first kappa shape index (κ1) is 81.9. The van der Waals surface area contributed by atoms with E-state index in [1.54, 1.807) is 13.8 Å². The quantitative estimate of drug-likeness (QED) is 0.0245. The van der Waals surface area contributed by atoms with Crippen molar-refractivity contribution in [3.8, 4) is 0 Å². The van der Waals surface area contributed by atoms with Gasteiger partial charge in [-0.15, -0.1) is 0 Å². The number of ether oxygens (including phenoxy) is 4. The standard InChI is InChI=1S/C42H76N5O13.C4H8BNO.3C2H6.V/c1-34(48)35(43)18-16-17-23-44-39(51)32-59-30-29-58-27-25-46-40(52)33-60-31-28-57-26-24-45-37(49)22-21-36(42(55)56)47-38(50)19-14-12-10-8-6-4-2-3-5-7-9-11-13-15-20-41(53)54;1-4(2,6)3(5)7;3*1-2;/h35-36,43H,2-33H2,1H3,(H,44,51)(H,45,49)(H,46,52)(H,47,50)(H,53,54)(H,55,56);6H2,1-2H3;3*1-2H3;/q-1;;;;;. The van der Waals surface area contributed by atoms with Crippen molar-refractivity contribution in [3.05, 3.63) is 5.73 Å². The molecule has 0 aromatic heterocycles. The van der Waals surface area contributed by atoms with Crippen LogP contribution in [0.1, 0.15) is 197 Å². The Kier molecular flexibility index (Phi) is 68.8. The molecule has 2 atom stereocenters. The number of carboxylic acid groups (broad SMARTS) is 2. The first-order valence-corrected chi connectivity index (χ1v) is 27.0. The third-order valence-corrected chi connectivity index (χ3v) is 10.1. The van der Waals surface area contributed by atoms with Crippen LogP contribution < -0.4 is 27.0 Å². The van der Waals surface area contributed by atoms with Crippen LogP contribution in [0.5, 0.6) is 0 Å². The largest absolute Gasteiger partial charge is 0.668 e. The van der Waals surface area contributed by atoms with E-state index in [4.69, 9.17) is 43.4 Å². The minimum Gasteiger partial charge on any atom is -0.668 e. The molecule has 0 bridgehead atoms. The Morgan fingerprint density at radius 1 is 0.514 bits per heavy atom. The van der Waals surface area contributed by atoms with Crippen LogP contribution in [-0.2, 0) is 75.9 Å². The van der Waals surface area contributed by atoms with Gasteiger partial charge in [0.25, 0.3) is 0 Å². The van der Waals surface area contributed by atoms with Gasteiger partial charge in [0.2, 0.25) is 23.6 Å². The van der Waals surface area contributed by atoms with Gasteiger partial charge in [0, 0.05) is 57.5 Å². The molecule has 4 amide bonds. The van der Waals surface area contributed by atoms with Crippen molar-refractivity contribution in [2.24, 2.45) is 5.73 Å². The zero-order chi connectivity index (χ0) is 56.6. The fraction of sp³-hybridized carbons (Fsp3) is 0.846. The Labute approximate surface area is 459 Å². The van der Waals surface area contributed by atoms with Gasteiger partial charge in [0.15, 0.2) is 7.85 Å². The molecule has 0 aliphatic rings. The summed E-state index contributed by atoms with van der Waals surface area (Å²) >= 11 is 0. The number of Topliss-reactive ketones (excluding diaryl/α,β-unsaturated/α-hetero) is 1. The van der Waals surface area contributed by atoms with E-state index in [0.29, 0.717) is 32.2 Å². The molecule has 2 unspecified atom stereocenters. The first-order chi connectivity index (χ1) is 34.9. The van der Waals surface area contributed by atoms with E-state index in [1.165, 1.54) is 51.9 Å². The van der Waals surface area contributed by atoms with Crippen LogP contribution in [0, 0.1) is 0 Å². The zero-order valence-corrected chi connectivity index (χ0v) is 48.6. The number of nitrogens with two attached hydrogens (primary N) is 1. The predicted molar refractivity (Wildman–Crippen MR) is 288 cm³/mol. The number of hydrogen-bond acceptors (Lipinski definition) is 13. The van der Waals surface area contributed by atoms with E-state index in [1.807, 2.05) is 41.5 Å². The fourth-order valence-corrected chi connectivity index (χ4v) is 5.87. The van der Waals surface area contributed by atoms with Crippen molar-refractivity contribution in [2.75, 3.05) is 72.5 Å². The summed E-state index contributed by atoms with van der Waals surface area (Å²) < 4.78 is 21.3. The van der Waals surface area contributed by atoms with Crippen LogP contribution in [0.3, 0.4) is 0 Å². The van der Waals surface area contributed by atoms with Crippen LogP contribution >= 0.6 is 0 Å². The molecule has 74 heavy (non-hydrogen) atoms. The SMILES string of the molecule is CC.CC.CC.CC(=O)C([NH-])CCCCNC(=O)COCCOCCNC(=O)COCCOCCNC(=O)CCC(NC(=O)CCCCCCCCCCCCCCCCC(=O)O)C(=O)O.[B]C(=O)C(C)(C)N.[V]. The second kappa shape index (κ2) is 62.1. The number of aliphatic carboxylic acids is 2. The maximum atomic E-state index is 12.3. The van der Waals surface area contributed by atoms with Crippen molar-refractivity contribution in [1.29, 1.82) is 0 Å². The van der Waals surface area contributed by atoms with Crippen molar-refractivity contribution in [3.63, 3.8) is 0 Å². The van der Waals surface area contributed by atoms with Crippen LogP contribution in [0.15, 0.2) is 0 Å². The minimum atomic E-state index is -1.19. The van der Waals surface area contributed by atoms with Gasteiger partial charge in [-0.25, -0.2) is 4.79 Å². The van der Waals surface area contributed by atoms with Crippen molar-refractivity contribution >= 4 is 54.9 Å². The Balaban J connectivity index is -0.000000739. The maximum Gasteiger partial charge on any atom is 0.326 e. The molecule has 0 aromatic rings. The Bertz CT molecular complexity index is 1380. The normalized spacial score (nSPS) is 11.1. The molecule has 9 N–H and O–H groups in total. The molecular formula is C52H102BN6O14V-. The average molecular weight is 1100 g/mol. The van der Waals surface area contributed by atoms with E-state index in [-0.39, 0.29) is 140 Å². The first-order valence-electron chi connectivity index (χ1n) is 27.0. The Morgan fingerprint density at radius 2 is 0.878 bits per heavy atom. The Morgan fingerprint density at radius 3 is 1.26 bits per heavy atom. The molecule has 0 spiro atoms. The molecule has 0 aliphatic carbocycles. The summed E-state index contributed by atoms with van der Waals surface area (Å²) in [5.74, 6) is -3.32. The van der Waals surface area contributed by atoms with Gasteiger partial charge in [-0.1, -0.05) is 137 Å². The number of carboxylic acids is 2. The summed E-state index contributed by atoms with van der Waals surface area (Å²) in [6, 6.07) is -1.84. The number of rotatable bonds is 45. The van der Waals surface area contributed by atoms with Crippen LogP contribution in [0.4, 0.5) is 0 Å². The molecule has 0 aliphatic heterocycles. The number of hydrogen-bond donors (Lipinski definition) is 7.